The number of rotatable bonds is 5. The van der Waals surface area contributed by atoms with Crippen LogP contribution in [-0.4, -0.2) is 50.9 Å². The third kappa shape index (κ3) is 4.63. The van der Waals surface area contributed by atoms with Crippen LogP contribution in [0.15, 0.2) is 35.7 Å². The lowest BCUT2D eigenvalue weighted by Crippen LogP contribution is -2.42. The van der Waals surface area contributed by atoms with Gasteiger partial charge >= 0.3 is 0 Å². The first-order valence-electron chi connectivity index (χ1n) is 7.49. The second-order valence-corrected chi connectivity index (χ2v) is 7.27. The maximum Gasteiger partial charge on any atom is 0.249 e. The lowest BCUT2D eigenvalue weighted by Gasteiger charge is -2.31. The van der Waals surface area contributed by atoms with Gasteiger partial charge in [0.05, 0.1) is 7.11 Å². The molecule has 1 aromatic carbocycles. The monoisotopic (exact) mass is 338 g/mol. The SMILES string of the molecule is CON(C)C(=O)C1CCN(S(=O)(=O)/C=C/c2ccccc2)CC1. The molecule has 1 heterocycles. The van der Waals surface area contributed by atoms with E-state index in [1.54, 1.807) is 13.1 Å². The number of carbonyl (C=O) groups excluding carboxylic acids is 1. The topological polar surface area (TPSA) is 66.9 Å². The average molecular weight is 338 g/mol. The van der Waals surface area contributed by atoms with Crippen molar-refractivity contribution in [3.05, 3.63) is 41.3 Å². The van der Waals surface area contributed by atoms with Crippen molar-refractivity contribution in [2.24, 2.45) is 5.92 Å². The molecule has 0 unspecified atom stereocenters. The van der Waals surface area contributed by atoms with Crippen LogP contribution in [-0.2, 0) is 19.7 Å². The Hall–Kier alpha value is -1.70. The minimum atomic E-state index is -3.46. The van der Waals surface area contributed by atoms with Crippen molar-refractivity contribution >= 4 is 22.0 Å². The van der Waals surface area contributed by atoms with Gasteiger partial charge in [-0.3, -0.25) is 9.63 Å². The van der Waals surface area contributed by atoms with Crippen LogP contribution in [0.4, 0.5) is 0 Å². The van der Waals surface area contributed by atoms with Crippen LogP contribution in [0.3, 0.4) is 0 Å². The summed E-state index contributed by atoms with van der Waals surface area (Å²) in [5, 5.41) is 2.43. The maximum atomic E-state index is 12.3. The molecule has 7 heteroatoms. The van der Waals surface area contributed by atoms with E-state index >= 15 is 0 Å². The van der Waals surface area contributed by atoms with E-state index in [-0.39, 0.29) is 11.8 Å². The fourth-order valence-electron chi connectivity index (χ4n) is 2.52. The Kier molecular flexibility index (Phi) is 5.92. The Morgan fingerprint density at radius 1 is 1.26 bits per heavy atom. The molecule has 0 atom stereocenters. The van der Waals surface area contributed by atoms with E-state index in [4.69, 9.17) is 4.84 Å². The molecule has 0 bridgehead atoms. The second-order valence-electron chi connectivity index (χ2n) is 5.45. The Balaban J connectivity index is 1.96. The van der Waals surface area contributed by atoms with Gasteiger partial charge in [-0.25, -0.2) is 13.5 Å². The molecule has 1 fully saturated rings. The molecule has 0 aromatic heterocycles. The number of amides is 1. The smallest absolute Gasteiger partial charge is 0.249 e. The lowest BCUT2D eigenvalue weighted by atomic mass is 9.97. The fourth-order valence-corrected chi connectivity index (χ4v) is 3.74. The van der Waals surface area contributed by atoms with Crippen LogP contribution in [0.5, 0.6) is 0 Å². The molecule has 0 spiro atoms. The summed E-state index contributed by atoms with van der Waals surface area (Å²) in [6, 6.07) is 9.28. The van der Waals surface area contributed by atoms with Gasteiger partial charge in [0.1, 0.15) is 0 Å². The highest BCUT2D eigenvalue weighted by molar-refractivity contribution is 7.92. The van der Waals surface area contributed by atoms with Crippen LogP contribution >= 0.6 is 0 Å². The van der Waals surface area contributed by atoms with Gasteiger partial charge in [0.25, 0.3) is 0 Å². The number of piperidine rings is 1. The molecule has 0 N–H and O–H groups in total. The zero-order valence-electron chi connectivity index (χ0n) is 13.4. The molecular weight excluding hydrogens is 316 g/mol. The summed E-state index contributed by atoms with van der Waals surface area (Å²) in [5.41, 5.74) is 0.836. The first-order valence-corrected chi connectivity index (χ1v) is 8.99. The predicted octanol–water partition coefficient (Wildman–Crippen LogP) is 1.72. The molecule has 0 radical (unpaired) electrons. The van der Waals surface area contributed by atoms with Gasteiger partial charge in [-0.2, -0.15) is 4.31 Å². The van der Waals surface area contributed by atoms with Crippen molar-refractivity contribution in [1.29, 1.82) is 0 Å². The van der Waals surface area contributed by atoms with Crippen LogP contribution in [0, 0.1) is 5.92 Å². The molecule has 1 aliphatic heterocycles. The molecule has 1 saturated heterocycles. The summed E-state index contributed by atoms with van der Waals surface area (Å²) in [5.74, 6) is -0.297. The van der Waals surface area contributed by atoms with Crippen molar-refractivity contribution in [1.82, 2.24) is 9.37 Å². The van der Waals surface area contributed by atoms with Gasteiger partial charge in [0.15, 0.2) is 0 Å². The van der Waals surface area contributed by atoms with Crippen molar-refractivity contribution < 1.29 is 18.0 Å². The number of hydrogen-bond acceptors (Lipinski definition) is 4. The Morgan fingerprint density at radius 3 is 2.43 bits per heavy atom. The van der Waals surface area contributed by atoms with E-state index in [9.17, 15) is 13.2 Å². The standard InChI is InChI=1S/C16H22N2O4S/c1-17(22-2)16(19)15-8-11-18(12-9-15)23(20,21)13-10-14-6-4-3-5-7-14/h3-7,10,13,15H,8-9,11-12H2,1-2H3/b13-10+. The van der Waals surface area contributed by atoms with Gasteiger partial charge in [0.2, 0.25) is 15.9 Å². The summed E-state index contributed by atoms with van der Waals surface area (Å²) in [6.45, 7) is 0.685. The van der Waals surface area contributed by atoms with Crippen LogP contribution in [0.1, 0.15) is 18.4 Å². The lowest BCUT2D eigenvalue weighted by molar-refractivity contribution is -0.174. The Labute approximate surface area is 137 Å². The van der Waals surface area contributed by atoms with Crippen molar-refractivity contribution in [3.8, 4) is 0 Å². The first-order chi connectivity index (χ1) is 10.9. The van der Waals surface area contributed by atoms with Crippen molar-refractivity contribution in [2.45, 2.75) is 12.8 Å². The van der Waals surface area contributed by atoms with Crippen molar-refractivity contribution in [3.63, 3.8) is 0 Å². The number of nitrogens with zero attached hydrogens (tertiary/aromatic N) is 2. The molecule has 6 nitrogen and oxygen atoms in total. The third-order valence-corrected chi connectivity index (χ3v) is 5.54. The van der Waals surface area contributed by atoms with E-state index in [0.29, 0.717) is 25.9 Å². The van der Waals surface area contributed by atoms with Gasteiger partial charge in [0, 0.05) is 31.5 Å². The average Bonchev–Trinajstić information content (AvgIpc) is 2.59. The summed E-state index contributed by atoms with van der Waals surface area (Å²) in [4.78, 5) is 16.9. The number of sulfonamides is 1. The van der Waals surface area contributed by atoms with Gasteiger partial charge in [-0.05, 0) is 24.5 Å². The molecule has 126 valence electrons. The number of hydrogen-bond donors (Lipinski definition) is 0. The molecular formula is C16H22N2O4S. The van der Waals surface area contributed by atoms with Gasteiger partial charge in [-0.1, -0.05) is 30.3 Å². The summed E-state index contributed by atoms with van der Waals surface area (Å²) < 4.78 is 26.1. The van der Waals surface area contributed by atoms with E-state index in [0.717, 1.165) is 5.56 Å². The number of benzene rings is 1. The van der Waals surface area contributed by atoms with Crippen LogP contribution < -0.4 is 0 Å². The van der Waals surface area contributed by atoms with Gasteiger partial charge < -0.3 is 0 Å². The van der Waals surface area contributed by atoms with E-state index in [1.165, 1.54) is 21.9 Å². The van der Waals surface area contributed by atoms with E-state index in [2.05, 4.69) is 0 Å². The van der Waals surface area contributed by atoms with E-state index in [1.807, 2.05) is 30.3 Å². The van der Waals surface area contributed by atoms with Gasteiger partial charge in [-0.15, -0.1) is 0 Å². The Bertz CT molecular complexity index is 650. The molecule has 2 rings (SSSR count). The maximum absolute atomic E-state index is 12.3. The quantitative estimate of drug-likeness (QED) is 0.767. The zero-order chi connectivity index (χ0) is 16.9. The summed E-state index contributed by atoms with van der Waals surface area (Å²) in [6.07, 6.45) is 2.60. The highest BCUT2D eigenvalue weighted by Gasteiger charge is 2.31. The second kappa shape index (κ2) is 7.72. The van der Waals surface area contributed by atoms with Crippen LogP contribution in [0.25, 0.3) is 6.08 Å². The van der Waals surface area contributed by atoms with Crippen molar-refractivity contribution in [2.75, 3.05) is 27.2 Å². The molecule has 1 aromatic rings. The number of hydroxylamine groups is 2. The third-order valence-electron chi connectivity index (χ3n) is 3.98. The minimum absolute atomic E-state index is 0.107. The minimum Gasteiger partial charge on any atom is -0.275 e. The highest BCUT2D eigenvalue weighted by atomic mass is 32.2. The molecule has 1 amide bonds. The fraction of sp³-hybridized carbons (Fsp3) is 0.438. The normalized spacial score (nSPS) is 17.5. The highest BCUT2D eigenvalue weighted by Crippen LogP contribution is 2.22. The Morgan fingerprint density at radius 2 is 1.87 bits per heavy atom. The molecule has 0 saturated carbocycles. The summed E-state index contributed by atoms with van der Waals surface area (Å²) in [7, 11) is -0.460. The number of carbonyl (C=O) groups is 1. The largest absolute Gasteiger partial charge is 0.275 e. The van der Waals surface area contributed by atoms with E-state index < -0.39 is 10.0 Å². The molecule has 23 heavy (non-hydrogen) atoms. The van der Waals surface area contributed by atoms with Crippen LogP contribution in [0.2, 0.25) is 0 Å². The summed E-state index contributed by atoms with van der Waals surface area (Å²) >= 11 is 0. The molecule has 1 aliphatic rings. The predicted molar refractivity (Wildman–Crippen MR) is 88.5 cm³/mol. The molecule has 0 aliphatic carbocycles. The zero-order valence-corrected chi connectivity index (χ0v) is 14.2. The first kappa shape index (κ1) is 17.7.